The Morgan fingerprint density at radius 2 is 2.16 bits per heavy atom. The molecule has 1 heterocycles. The molecule has 0 aliphatic carbocycles. The predicted molar refractivity (Wildman–Crippen MR) is 77.5 cm³/mol. The maximum atomic E-state index is 9.13. The largest absolute Gasteiger partial charge is 0.495 e. The van der Waals surface area contributed by atoms with Crippen LogP contribution in [0.3, 0.4) is 0 Å². The minimum Gasteiger partial charge on any atom is -0.495 e. The SMILES string of the molecule is COc1ccc(C)cc1N1CCC(C#N)CC1(C)C. The number of methoxy groups -OCH3 is 1. The molecule has 102 valence electrons. The molecular weight excluding hydrogens is 236 g/mol. The molecule has 0 saturated carbocycles. The fourth-order valence-electron chi connectivity index (χ4n) is 2.97. The third-order valence-electron chi connectivity index (χ3n) is 3.99. The minimum absolute atomic E-state index is 0.0142. The molecule has 1 aliphatic rings. The van der Waals surface area contributed by atoms with Gasteiger partial charge in [0.05, 0.1) is 24.8 Å². The Hall–Kier alpha value is -1.69. The van der Waals surface area contributed by atoms with E-state index >= 15 is 0 Å². The van der Waals surface area contributed by atoms with E-state index in [0.717, 1.165) is 30.8 Å². The number of aryl methyl sites for hydroxylation is 1. The average molecular weight is 258 g/mol. The second-order valence-corrected chi connectivity index (χ2v) is 5.96. The zero-order valence-corrected chi connectivity index (χ0v) is 12.2. The summed E-state index contributed by atoms with van der Waals surface area (Å²) in [5, 5.41) is 9.13. The highest BCUT2D eigenvalue weighted by molar-refractivity contribution is 5.62. The fourth-order valence-corrected chi connectivity index (χ4v) is 2.97. The number of nitrogens with zero attached hydrogens (tertiary/aromatic N) is 2. The van der Waals surface area contributed by atoms with Crippen molar-refractivity contribution < 1.29 is 4.74 Å². The maximum absolute atomic E-state index is 9.13. The van der Waals surface area contributed by atoms with Gasteiger partial charge in [-0.3, -0.25) is 0 Å². The lowest BCUT2D eigenvalue weighted by molar-refractivity contribution is 0.311. The van der Waals surface area contributed by atoms with Crippen LogP contribution in [0, 0.1) is 24.2 Å². The smallest absolute Gasteiger partial charge is 0.142 e. The highest BCUT2D eigenvalue weighted by Gasteiger charge is 2.36. The number of nitriles is 1. The molecule has 1 aromatic rings. The third-order valence-corrected chi connectivity index (χ3v) is 3.99. The number of hydrogen-bond acceptors (Lipinski definition) is 3. The van der Waals surface area contributed by atoms with Crippen molar-refractivity contribution in [1.82, 2.24) is 0 Å². The van der Waals surface area contributed by atoms with E-state index in [9.17, 15) is 0 Å². The molecule has 0 spiro atoms. The van der Waals surface area contributed by atoms with E-state index in [4.69, 9.17) is 10.00 Å². The van der Waals surface area contributed by atoms with Gasteiger partial charge in [-0.1, -0.05) is 6.07 Å². The van der Waals surface area contributed by atoms with Crippen LogP contribution >= 0.6 is 0 Å². The predicted octanol–water partition coefficient (Wildman–Crippen LogP) is 3.52. The third kappa shape index (κ3) is 2.68. The van der Waals surface area contributed by atoms with E-state index in [1.807, 2.05) is 6.07 Å². The first kappa shape index (κ1) is 13.7. The molecule has 1 fully saturated rings. The van der Waals surface area contributed by atoms with Crippen LogP contribution in [0.15, 0.2) is 18.2 Å². The Morgan fingerprint density at radius 3 is 2.74 bits per heavy atom. The summed E-state index contributed by atoms with van der Waals surface area (Å²) in [5.74, 6) is 1.08. The Morgan fingerprint density at radius 1 is 1.42 bits per heavy atom. The molecule has 0 amide bonds. The molecule has 1 aliphatic heterocycles. The van der Waals surface area contributed by atoms with Crippen molar-refractivity contribution in [3.63, 3.8) is 0 Å². The standard InChI is InChI=1S/C16H22N2O/c1-12-5-6-15(19-4)14(9-12)18-8-7-13(11-17)10-16(18,2)3/h5-6,9,13H,7-8,10H2,1-4H3. The number of hydrogen-bond donors (Lipinski definition) is 0. The van der Waals surface area contributed by atoms with Crippen LogP contribution in [-0.4, -0.2) is 19.2 Å². The first-order chi connectivity index (χ1) is 8.97. The fraction of sp³-hybridized carbons (Fsp3) is 0.562. The van der Waals surface area contributed by atoms with Crippen LogP contribution in [0.2, 0.25) is 0 Å². The second kappa shape index (κ2) is 5.13. The summed E-state index contributed by atoms with van der Waals surface area (Å²) in [6, 6.07) is 8.68. The molecule has 3 heteroatoms. The maximum Gasteiger partial charge on any atom is 0.142 e. The molecule has 1 saturated heterocycles. The Labute approximate surface area is 115 Å². The molecular formula is C16H22N2O. The van der Waals surface area contributed by atoms with Crippen LogP contribution in [-0.2, 0) is 0 Å². The van der Waals surface area contributed by atoms with Gasteiger partial charge in [0, 0.05) is 12.1 Å². The zero-order chi connectivity index (χ0) is 14.0. The summed E-state index contributed by atoms with van der Waals surface area (Å²) in [6.45, 7) is 7.42. The van der Waals surface area contributed by atoms with Gasteiger partial charge < -0.3 is 9.64 Å². The lowest BCUT2D eigenvalue weighted by atomic mass is 9.83. The molecule has 3 nitrogen and oxygen atoms in total. The van der Waals surface area contributed by atoms with Crippen LogP contribution < -0.4 is 9.64 Å². The Balaban J connectivity index is 2.36. The quantitative estimate of drug-likeness (QED) is 0.814. The van der Waals surface area contributed by atoms with E-state index in [1.165, 1.54) is 5.56 Å². The first-order valence-electron chi connectivity index (χ1n) is 6.80. The number of anilines is 1. The van der Waals surface area contributed by atoms with Gasteiger partial charge in [0.15, 0.2) is 0 Å². The molecule has 1 unspecified atom stereocenters. The van der Waals surface area contributed by atoms with Crippen LogP contribution in [0.1, 0.15) is 32.3 Å². The van der Waals surface area contributed by atoms with Crippen molar-refractivity contribution >= 4 is 5.69 Å². The monoisotopic (exact) mass is 258 g/mol. The molecule has 0 bridgehead atoms. The summed E-state index contributed by atoms with van der Waals surface area (Å²) in [5.41, 5.74) is 2.36. The van der Waals surface area contributed by atoms with Gasteiger partial charge in [-0.15, -0.1) is 0 Å². The van der Waals surface area contributed by atoms with Crippen molar-refractivity contribution in [2.45, 2.75) is 39.2 Å². The molecule has 19 heavy (non-hydrogen) atoms. The number of benzene rings is 1. The molecule has 1 atom stereocenters. The van der Waals surface area contributed by atoms with Gasteiger partial charge in [0.25, 0.3) is 0 Å². The molecule has 0 radical (unpaired) electrons. The van der Waals surface area contributed by atoms with E-state index in [2.05, 4.69) is 43.9 Å². The van der Waals surface area contributed by atoms with Crippen molar-refractivity contribution in [3.05, 3.63) is 23.8 Å². The van der Waals surface area contributed by atoms with Gasteiger partial charge in [-0.25, -0.2) is 0 Å². The van der Waals surface area contributed by atoms with Crippen molar-refractivity contribution in [2.75, 3.05) is 18.6 Å². The van der Waals surface area contributed by atoms with Crippen LogP contribution in [0.4, 0.5) is 5.69 Å². The lowest BCUT2D eigenvalue weighted by Gasteiger charge is -2.46. The average Bonchev–Trinajstić information content (AvgIpc) is 2.37. The van der Waals surface area contributed by atoms with Gasteiger partial charge in [0.2, 0.25) is 0 Å². The summed E-state index contributed by atoms with van der Waals surface area (Å²) in [7, 11) is 1.71. The minimum atomic E-state index is -0.0142. The molecule has 2 rings (SSSR count). The molecule has 0 aromatic heterocycles. The topological polar surface area (TPSA) is 36.3 Å². The normalized spacial score (nSPS) is 21.8. The zero-order valence-electron chi connectivity index (χ0n) is 12.2. The lowest BCUT2D eigenvalue weighted by Crippen LogP contribution is -2.50. The van der Waals surface area contributed by atoms with Crippen LogP contribution in [0.5, 0.6) is 5.75 Å². The van der Waals surface area contributed by atoms with E-state index < -0.39 is 0 Å². The van der Waals surface area contributed by atoms with Gasteiger partial charge >= 0.3 is 0 Å². The van der Waals surface area contributed by atoms with Crippen molar-refractivity contribution in [2.24, 2.45) is 5.92 Å². The summed E-state index contributed by atoms with van der Waals surface area (Å²) >= 11 is 0. The molecule has 1 aromatic carbocycles. The van der Waals surface area contributed by atoms with Crippen LogP contribution in [0.25, 0.3) is 0 Å². The number of piperidine rings is 1. The first-order valence-corrected chi connectivity index (χ1v) is 6.80. The second-order valence-electron chi connectivity index (χ2n) is 5.96. The Bertz CT molecular complexity index is 502. The van der Waals surface area contributed by atoms with Gasteiger partial charge in [-0.05, 0) is 51.3 Å². The summed E-state index contributed by atoms with van der Waals surface area (Å²) < 4.78 is 5.49. The highest BCUT2D eigenvalue weighted by atomic mass is 16.5. The molecule has 0 N–H and O–H groups in total. The Kier molecular flexibility index (Phi) is 3.71. The highest BCUT2D eigenvalue weighted by Crippen LogP contribution is 2.39. The van der Waals surface area contributed by atoms with E-state index in [1.54, 1.807) is 7.11 Å². The van der Waals surface area contributed by atoms with Gasteiger partial charge in [0.1, 0.15) is 5.75 Å². The summed E-state index contributed by atoms with van der Waals surface area (Å²) in [4.78, 5) is 2.38. The van der Waals surface area contributed by atoms with E-state index in [0.29, 0.717) is 0 Å². The van der Waals surface area contributed by atoms with Gasteiger partial charge in [-0.2, -0.15) is 5.26 Å². The number of rotatable bonds is 2. The van der Waals surface area contributed by atoms with Crippen molar-refractivity contribution in [3.8, 4) is 11.8 Å². The van der Waals surface area contributed by atoms with E-state index in [-0.39, 0.29) is 11.5 Å². The number of ether oxygens (including phenoxy) is 1. The summed E-state index contributed by atoms with van der Waals surface area (Å²) in [6.07, 6.45) is 1.83. The van der Waals surface area contributed by atoms with Crippen molar-refractivity contribution in [1.29, 1.82) is 5.26 Å².